The fourth-order valence-electron chi connectivity index (χ4n) is 13.5. The van der Waals surface area contributed by atoms with E-state index in [4.69, 9.17) is 0 Å². The van der Waals surface area contributed by atoms with Gasteiger partial charge in [-0.1, -0.05) is 188 Å². The zero-order valence-corrected chi connectivity index (χ0v) is 45.2. The summed E-state index contributed by atoms with van der Waals surface area (Å²) in [7, 11) is 0. The summed E-state index contributed by atoms with van der Waals surface area (Å²) < 4.78 is 9.89. The van der Waals surface area contributed by atoms with E-state index >= 15 is 0 Å². The molecule has 0 aliphatic carbocycles. The fraction of sp³-hybridized carbons (Fsp3) is 0. The molecule has 4 aromatic heterocycles. The van der Waals surface area contributed by atoms with Crippen LogP contribution in [0.1, 0.15) is 0 Å². The number of benzene rings is 13. The Balaban J connectivity index is 0.809. The Hall–Kier alpha value is -11.1. The van der Waals surface area contributed by atoms with Crippen molar-refractivity contribution in [3.63, 3.8) is 0 Å². The first-order valence-electron chi connectivity index (χ1n) is 28.5. The summed E-state index contributed by atoms with van der Waals surface area (Å²) in [4.78, 5) is 2.33. The van der Waals surface area contributed by atoms with Gasteiger partial charge in [0, 0.05) is 82.9 Å². The number of nitrogens with zero attached hydrogens (tertiary/aromatic N) is 5. The van der Waals surface area contributed by atoms with Gasteiger partial charge < -0.3 is 23.2 Å². The van der Waals surface area contributed by atoms with Crippen molar-refractivity contribution in [3.8, 4) is 45.0 Å². The van der Waals surface area contributed by atoms with Crippen LogP contribution in [0.4, 0.5) is 17.1 Å². The highest BCUT2D eigenvalue weighted by Gasteiger charge is 2.25. The maximum Gasteiger partial charge on any atom is 0.0641 e. The third-order valence-electron chi connectivity index (χ3n) is 17.1. The van der Waals surface area contributed by atoms with Crippen LogP contribution in [-0.2, 0) is 0 Å². The van der Waals surface area contributed by atoms with E-state index in [1.165, 1.54) is 92.8 Å². The number of fused-ring (bicyclic) bond motifs is 14. The number of hydrogen-bond acceptors (Lipinski definition) is 1. The molecule has 0 saturated carbocycles. The lowest BCUT2D eigenvalue weighted by atomic mass is 10.0. The minimum absolute atomic E-state index is 1.10. The van der Waals surface area contributed by atoms with Gasteiger partial charge >= 0.3 is 0 Å². The summed E-state index contributed by atoms with van der Waals surface area (Å²) in [6.45, 7) is 0. The summed E-state index contributed by atoms with van der Waals surface area (Å²) in [6, 6.07) is 113. The second-order valence-electron chi connectivity index (χ2n) is 21.7. The summed E-state index contributed by atoms with van der Waals surface area (Å²) in [5.41, 5.74) is 22.0. The number of para-hydroxylation sites is 6. The summed E-state index contributed by atoms with van der Waals surface area (Å²) in [6.07, 6.45) is 0. The lowest BCUT2D eigenvalue weighted by molar-refractivity contribution is 1.16. The molecule has 17 rings (SSSR count). The molecular weight excluding hydrogens is 1010 g/mol. The van der Waals surface area contributed by atoms with Crippen molar-refractivity contribution in [1.29, 1.82) is 0 Å². The second kappa shape index (κ2) is 18.7. The first-order chi connectivity index (χ1) is 41.2. The SMILES string of the molecule is c1ccc(-c2ccc(N(c3ccccc3)c3ccc(-c4ccc(-n5c6ccccc6c6c5ccc5c7ccc8c(c9ccccc9n8-c8ccc9c(c8)c8ccccc8n9-c8ccccc8)c7n(-c7ccccc7)c56)cc4)cc3)cc2)cc1. The maximum absolute atomic E-state index is 2.56. The molecule has 0 spiro atoms. The number of aromatic nitrogens is 4. The Labute approximate surface area is 479 Å². The van der Waals surface area contributed by atoms with Crippen LogP contribution in [0.3, 0.4) is 0 Å². The lowest BCUT2D eigenvalue weighted by Gasteiger charge is -2.26. The minimum atomic E-state index is 1.10. The van der Waals surface area contributed by atoms with E-state index in [0.29, 0.717) is 0 Å². The van der Waals surface area contributed by atoms with Crippen LogP contribution < -0.4 is 4.90 Å². The molecule has 83 heavy (non-hydrogen) atoms. The van der Waals surface area contributed by atoms with Crippen molar-refractivity contribution in [1.82, 2.24) is 18.3 Å². The molecule has 0 atom stereocenters. The van der Waals surface area contributed by atoms with Crippen LogP contribution in [0, 0.1) is 0 Å². The number of anilines is 3. The standard InChI is InChI=1S/C78H51N5/c1-5-19-52(20-6-1)53-33-39-59(40-34-53)79(56-21-7-2-8-22-56)60-41-35-54(36-42-60)55-37-43-61(44-38-55)81-70-31-17-14-28-66(70)75-73(81)49-46-64-65-47-50-74-76(78(65)83(77(64)75)58-25-11-4-12-26-58)67-29-15-18-32-71(67)82(74)62-45-48-72-68(51-62)63-27-13-16-30-69(63)80(72)57-23-9-3-10-24-57/h1-51H. The van der Waals surface area contributed by atoms with Crippen LogP contribution in [0.2, 0.25) is 0 Å². The Morgan fingerprint density at radius 1 is 0.193 bits per heavy atom. The van der Waals surface area contributed by atoms with Gasteiger partial charge in [-0.15, -0.1) is 0 Å². The van der Waals surface area contributed by atoms with Crippen molar-refractivity contribution < 1.29 is 0 Å². The van der Waals surface area contributed by atoms with E-state index in [1.54, 1.807) is 0 Å². The van der Waals surface area contributed by atoms with Gasteiger partial charge in [-0.25, -0.2) is 0 Å². The predicted molar refractivity (Wildman–Crippen MR) is 349 cm³/mol. The monoisotopic (exact) mass is 1060 g/mol. The molecule has 0 amide bonds. The summed E-state index contributed by atoms with van der Waals surface area (Å²) in [5, 5.41) is 9.80. The second-order valence-corrected chi connectivity index (χ2v) is 21.7. The largest absolute Gasteiger partial charge is 0.311 e. The van der Waals surface area contributed by atoms with Gasteiger partial charge in [0.2, 0.25) is 0 Å². The Morgan fingerprint density at radius 3 is 1.06 bits per heavy atom. The predicted octanol–water partition coefficient (Wildman–Crippen LogP) is 20.9. The summed E-state index contributed by atoms with van der Waals surface area (Å²) in [5.74, 6) is 0. The van der Waals surface area contributed by atoms with Gasteiger partial charge in [0.25, 0.3) is 0 Å². The lowest BCUT2D eigenvalue weighted by Crippen LogP contribution is -2.09. The molecule has 17 aromatic rings. The van der Waals surface area contributed by atoms with Gasteiger partial charge in [0.1, 0.15) is 0 Å². The van der Waals surface area contributed by atoms with Crippen LogP contribution in [0.5, 0.6) is 0 Å². The number of hydrogen-bond donors (Lipinski definition) is 0. The van der Waals surface area contributed by atoms with E-state index in [9.17, 15) is 0 Å². The summed E-state index contributed by atoms with van der Waals surface area (Å²) >= 11 is 0. The molecule has 0 N–H and O–H groups in total. The van der Waals surface area contributed by atoms with Crippen LogP contribution in [0.15, 0.2) is 309 Å². The molecule has 388 valence electrons. The average Bonchev–Trinajstić information content (AvgIpc) is 1.99. The molecule has 0 fully saturated rings. The maximum atomic E-state index is 2.56. The van der Waals surface area contributed by atoms with E-state index in [0.717, 1.165) is 56.5 Å². The average molecular weight is 1060 g/mol. The zero-order valence-electron chi connectivity index (χ0n) is 45.2. The van der Waals surface area contributed by atoms with E-state index < -0.39 is 0 Å². The Bertz CT molecular complexity index is 5320. The molecule has 5 heteroatoms. The zero-order chi connectivity index (χ0) is 54.5. The van der Waals surface area contributed by atoms with Gasteiger partial charge in [-0.05, 0) is 144 Å². The van der Waals surface area contributed by atoms with Crippen LogP contribution in [0.25, 0.3) is 132 Å². The fourth-order valence-corrected chi connectivity index (χ4v) is 13.5. The first-order valence-corrected chi connectivity index (χ1v) is 28.5. The normalized spacial score (nSPS) is 11.9. The molecule has 0 saturated heterocycles. The quantitative estimate of drug-likeness (QED) is 0.141. The molecule has 0 unspecified atom stereocenters. The molecular formula is C78H51N5. The van der Waals surface area contributed by atoms with E-state index in [2.05, 4.69) is 333 Å². The van der Waals surface area contributed by atoms with E-state index in [-0.39, 0.29) is 0 Å². The number of rotatable bonds is 9. The molecule has 4 heterocycles. The third-order valence-corrected chi connectivity index (χ3v) is 17.1. The van der Waals surface area contributed by atoms with Crippen molar-refractivity contribution in [2.75, 3.05) is 4.90 Å². The highest BCUT2D eigenvalue weighted by atomic mass is 15.1. The molecule has 5 nitrogen and oxygen atoms in total. The molecule has 0 bridgehead atoms. The molecule has 0 aliphatic rings. The van der Waals surface area contributed by atoms with Gasteiger partial charge in [-0.2, -0.15) is 0 Å². The smallest absolute Gasteiger partial charge is 0.0641 e. The van der Waals surface area contributed by atoms with Crippen molar-refractivity contribution in [2.24, 2.45) is 0 Å². The Kier molecular flexibility index (Phi) is 10.6. The van der Waals surface area contributed by atoms with Crippen molar-refractivity contribution >= 4 is 104 Å². The van der Waals surface area contributed by atoms with Crippen LogP contribution in [-0.4, -0.2) is 18.3 Å². The third kappa shape index (κ3) is 7.28. The highest BCUT2D eigenvalue weighted by molar-refractivity contribution is 6.31. The van der Waals surface area contributed by atoms with Gasteiger partial charge in [0.15, 0.2) is 0 Å². The molecule has 0 radical (unpaired) electrons. The highest BCUT2D eigenvalue weighted by Crippen LogP contribution is 2.47. The van der Waals surface area contributed by atoms with E-state index in [1.807, 2.05) is 0 Å². The molecule has 0 aliphatic heterocycles. The Morgan fingerprint density at radius 2 is 0.530 bits per heavy atom. The minimum Gasteiger partial charge on any atom is -0.311 e. The van der Waals surface area contributed by atoms with Gasteiger partial charge in [0.05, 0.1) is 44.1 Å². The topological polar surface area (TPSA) is 23.0 Å². The van der Waals surface area contributed by atoms with Crippen molar-refractivity contribution in [2.45, 2.75) is 0 Å². The van der Waals surface area contributed by atoms with Gasteiger partial charge in [-0.3, -0.25) is 0 Å². The van der Waals surface area contributed by atoms with Crippen molar-refractivity contribution in [3.05, 3.63) is 309 Å². The molecule has 13 aromatic carbocycles. The van der Waals surface area contributed by atoms with Crippen LogP contribution >= 0.6 is 0 Å². The first kappa shape index (κ1) is 46.7.